The van der Waals surface area contributed by atoms with E-state index in [2.05, 4.69) is 27.7 Å². The van der Waals surface area contributed by atoms with Gasteiger partial charge < -0.3 is 10.6 Å². The number of carbonyl (C=O) groups is 2. The van der Waals surface area contributed by atoms with E-state index in [9.17, 15) is 14.0 Å². The van der Waals surface area contributed by atoms with Crippen molar-refractivity contribution in [3.8, 4) is 0 Å². The highest BCUT2D eigenvalue weighted by atomic mass is 19.1. The Morgan fingerprint density at radius 3 is 2.86 bits per heavy atom. The number of benzene rings is 2. The van der Waals surface area contributed by atoms with Gasteiger partial charge in [0, 0.05) is 25.2 Å². The van der Waals surface area contributed by atoms with Crippen LogP contribution in [0.5, 0.6) is 0 Å². The molecule has 1 unspecified atom stereocenters. The molecule has 6 heteroatoms. The maximum Gasteiger partial charge on any atom is 0.228 e. The third-order valence-corrected chi connectivity index (χ3v) is 5.47. The summed E-state index contributed by atoms with van der Waals surface area (Å²) in [5, 5.41) is 5.45. The van der Waals surface area contributed by atoms with Crippen LogP contribution in [0, 0.1) is 11.7 Å². The minimum absolute atomic E-state index is 0.107. The van der Waals surface area contributed by atoms with Crippen molar-refractivity contribution >= 4 is 23.2 Å². The highest BCUT2D eigenvalue weighted by molar-refractivity contribution is 5.96. The fraction of sp³-hybridized carbons (Fsp3) is 0.364. The smallest absolute Gasteiger partial charge is 0.228 e. The molecule has 2 aromatic carbocycles. The molecule has 0 spiro atoms. The van der Waals surface area contributed by atoms with Gasteiger partial charge in [0.05, 0.1) is 11.6 Å². The van der Waals surface area contributed by atoms with Crippen LogP contribution in [0.25, 0.3) is 0 Å². The van der Waals surface area contributed by atoms with Gasteiger partial charge in [0.1, 0.15) is 5.82 Å². The number of rotatable bonds is 4. The first-order chi connectivity index (χ1) is 13.6. The number of halogens is 1. The van der Waals surface area contributed by atoms with Crippen LogP contribution >= 0.6 is 0 Å². The number of nitrogens with one attached hydrogen (secondary N) is 2. The quantitative estimate of drug-likeness (QED) is 0.851. The first-order valence-electron chi connectivity index (χ1n) is 9.78. The van der Waals surface area contributed by atoms with Crippen molar-refractivity contribution in [1.29, 1.82) is 0 Å². The monoisotopic (exact) mass is 381 g/mol. The van der Waals surface area contributed by atoms with Crippen molar-refractivity contribution in [2.24, 2.45) is 5.92 Å². The summed E-state index contributed by atoms with van der Waals surface area (Å²) in [4.78, 5) is 26.5. The lowest BCUT2D eigenvalue weighted by Gasteiger charge is -2.32. The Morgan fingerprint density at radius 2 is 2.04 bits per heavy atom. The van der Waals surface area contributed by atoms with Gasteiger partial charge in [-0.1, -0.05) is 30.3 Å². The fourth-order valence-corrected chi connectivity index (χ4v) is 3.99. The maximum atomic E-state index is 14.4. The molecule has 2 amide bonds. The summed E-state index contributed by atoms with van der Waals surface area (Å²) in [6.07, 6.45) is 2.69. The molecule has 5 nitrogen and oxygen atoms in total. The Morgan fingerprint density at radius 1 is 1.21 bits per heavy atom. The minimum atomic E-state index is -0.522. The average molecular weight is 381 g/mol. The minimum Gasteiger partial charge on any atom is -0.326 e. The zero-order valence-corrected chi connectivity index (χ0v) is 15.7. The molecule has 1 fully saturated rings. The molecule has 1 saturated heterocycles. The molecular weight excluding hydrogens is 357 g/mol. The number of anilines is 2. The van der Waals surface area contributed by atoms with E-state index >= 15 is 0 Å². The second kappa shape index (κ2) is 8.10. The van der Waals surface area contributed by atoms with Crippen molar-refractivity contribution in [2.45, 2.75) is 32.2 Å². The summed E-state index contributed by atoms with van der Waals surface area (Å²) in [7, 11) is 0. The molecule has 0 saturated carbocycles. The Bertz CT molecular complexity index is 885. The lowest BCUT2D eigenvalue weighted by Crippen LogP contribution is -2.40. The van der Waals surface area contributed by atoms with E-state index < -0.39 is 5.82 Å². The standard InChI is InChI=1S/C22H24FN3O2/c23-18-12-19-16(8-9-21(27)24-19)11-20(18)25-22(28)17-7-4-10-26(14-17)13-15-5-2-1-3-6-15/h1-3,5-6,11-12,17H,4,7-10,13-14H2,(H,24,27)(H,25,28). The SMILES string of the molecule is O=C1CCc2cc(NC(=O)C3CCCN(Cc4ccccc4)C3)c(F)cc2N1. The van der Waals surface area contributed by atoms with Crippen molar-refractivity contribution in [1.82, 2.24) is 4.90 Å². The van der Waals surface area contributed by atoms with Crippen molar-refractivity contribution in [2.75, 3.05) is 23.7 Å². The van der Waals surface area contributed by atoms with Gasteiger partial charge in [0.15, 0.2) is 0 Å². The number of carbonyl (C=O) groups excluding carboxylic acids is 2. The van der Waals surface area contributed by atoms with E-state index in [0.717, 1.165) is 31.5 Å². The highest BCUT2D eigenvalue weighted by Crippen LogP contribution is 2.29. The van der Waals surface area contributed by atoms with Crippen LogP contribution in [0.15, 0.2) is 42.5 Å². The third kappa shape index (κ3) is 4.22. The third-order valence-electron chi connectivity index (χ3n) is 5.47. The molecule has 0 aromatic heterocycles. The summed E-state index contributed by atoms with van der Waals surface area (Å²) in [6.45, 7) is 2.45. The molecule has 2 aliphatic rings. The molecule has 0 radical (unpaired) electrons. The molecule has 0 aliphatic carbocycles. The number of likely N-dealkylation sites (tertiary alicyclic amines) is 1. The van der Waals surface area contributed by atoms with Gasteiger partial charge in [-0.05, 0) is 49.1 Å². The summed E-state index contributed by atoms with van der Waals surface area (Å²) < 4.78 is 14.4. The molecule has 1 atom stereocenters. The van der Waals surface area contributed by atoms with Gasteiger partial charge in [-0.15, -0.1) is 0 Å². The Balaban J connectivity index is 1.41. The predicted molar refractivity (Wildman–Crippen MR) is 106 cm³/mol. The van der Waals surface area contributed by atoms with Crippen LogP contribution < -0.4 is 10.6 Å². The van der Waals surface area contributed by atoms with Crippen LogP contribution in [-0.4, -0.2) is 29.8 Å². The van der Waals surface area contributed by atoms with Crippen LogP contribution in [0.2, 0.25) is 0 Å². The predicted octanol–water partition coefficient (Wildman–Crippen LogP) is 3.56. The Kier molecular flexibility index (Phi) is 5.39. The Labute approximate surface area is 163 Å². The average Bonchev–Trinajstić information content (AvgIpc) is 2.70. The number of aryl methyl sites for hydroxylation is 1. The molecule has 2 aliphatic heterocycles. The Hall–Kier alpha value is -2.73. The molecule has 2 N–H and O–H groups in total. The van der Waals surface area contributed by atoms with E-state index in [1.54, 1.807) is 6.07 Å². The number of fused-ring (bicyclic) bond motifs is 1. The molecule has 2 aromatic rings. The number of amides is 2. The summed E-state index contributed by atoms with van der Waals surface area (Å²) in [5.74, 6) is -0.931. The van der Waals surface area contributed by atoms with Gasteiger partial charge in [-0.25, -0.2) is 4.39 Å². The van der Waals surface area contributed by atoms with Crippen LogP contribution in [-0.2, 0) is 22.6 Å². The largest absolute Gasteiger partial charge is 0.326 e. The molecule has 4 rings (SSSR count). The van der Waals surface area contributed by atoms with E-state index in [0.29, 0.717) is 25.1 Å². The van der Waals surface area contributed by atoms with E-state index in [4.69, 9.17) is 0 Å². The molecular formula is C22H24FN3O2. The fourth-order valence-electron chi connectivity index (χ4n) is 3.99. The van der Waals surface area contributed by atoms with Gasteiger partial charge >= 0.3 is 0 Å². The number of piperidine rings is 1. The first kappa shape index (κ1) is 18.6. The van der Waals surface area contributed by atoms with Crippen molar-refractivity contribution in [3.05, 3.63) is 59.4 Å². The van der Waals surface area contributed by atoms with E-state index in [1.165, 1.54) is 11.6 Å². The second-order valence-electron chi connectivity index (χ2n) is 7.59. The number of hydrogen-bond acceptors (Lipinski definition) is 3. The van der Waals surface area contributed by atoms with E-state index in [-0.39, 0.29) is 23.4 Å². The van der Waals surface area contributed by atoms with Crippen LogP contribution in [0.4, 0.5) is 15.8 Å². The lowest BCUT2D eigenvalue weighted by molar-refractivity contribution is -0.121. The van der Waals surface area contributed by atoms with Gasteiger partial charge in [0.25, 0.3) is 0 Å². The highest BCUT2D eigenvalue weighted by Gasteiger charge is 2.27. The summed E-state index contributed by atoms with van der Waals surface area (Å²) in [6, 6.07) is 13.1. The summed E-state index contributed by atoms with van der Waals surface area (Å²) >= 11 is 0. The number of hydrogen-bond donors (Lipinski definition) is 2. The molecule has 2 heterocycles. The second-order valence-corrected chi connectivity index (χ2v) is 7.59. The molecule has 0 bridgehead atoms. The zero-order chi connectivity index (χ0) is 19.5. The summed E-state index contributed by atoms with van der Waals surface area (Å²) in [5.41, 5.74) is 2.77. The normalized spacial score (nSPS) is 19.6. The molecule has 146 valence electrons. The molecule has 28 heavy (non-hydrogen) atoms. The van der Waals surface area contributed by atoms with Gasteiger partial charge in [0.2, 0.25) is 11.8 Å². The van der Waals surface area contributed by atoms with Gasteiger partial charge in [-0.2, -0.15) is 0 Å². The maximum absolute atomic E-state index is 14.4. The van der Waals surface area contributed by atoms with Gasteiger partial charge in [-0.3, -0.25) is 14.5 Å². The topological polar surface area (TPSA) is 61.4 Å². The number of nitrogens with zero attached hydrogens (tertiary/aromatic N) is 1. The zero-order valence-electron chi connectivity index (χ0n) is 15.7. The van der Waals surface area contributed by atoms with Crippen molar-refractivity contribution in [3.63, 3.8) is 0 Å². The van der Waals surface area contributed by atoms with Crippen molar-refractivity contribution < 1.29 is 14.0 Å². The lowest BCUT2D eigenvalue weighted by atomic mass is 9.96. The first-order valence-corrected chi connectivity index (χ1v) is 9.78. The van der Waals surface area contributed by atoms with E-state index in [1.807, 2.05) is 18.2 Å². The van der Waals surface area contributed by atoms with Crippen LogP contribution in [0.1, 0.15) is 30.4 Å². The van der Waals surface area contributed by atoms with Crippen LogP contribution in [0.3, 0.4) is 0 Å².